The summed E-state index contributed by atoms with van der Waals surface area (Å²) in [6, 6.07) is 57.0. The standard InChI is InChI=1S/C19H16ClNO3.C18H21BrClNO.2C18H21Cl2NO.C17H20ClNO/c20-15-4-2-14(3-5-15)17-8-6-16(24-17)11-21-10-13-1-7-18-19(9-13)23-12-22-18;19-14-6-8-16(17(20)10-14)18-9-7-15(22-18)12-21-11-13-4-2-1-3-5-13;19-14-6-8-17(20)16(10-14)18-9-7-15(22-18)12-21-11-13-4-2-1-3-5-13;19-14-6-8-16(17(20)10-14)18-9-7-15(22-18)12-21-11-13-4-2-1-3-5-13;1-12-6-7-13(10-16(12)18)17-9-8-15(20-17)11-19-14-4-2-3-5-14/h1-9,21H,10-12H2;3*6-10,13,21H,1-5,11-12H2;6-10,14,19H,2-5,11H2,1H3. The number of fused-ring (bicyclic) bond motifs is 1. The molecule has 0 atom stereocenters. The number of hydrogen-bond acceptors (Lipinski definition) is 12. The molecule has 6 aromatic carbocycles. The quantitative estimate of drug-likeness (QED) is 0.0393. The maximum Gasteiger partial charge on any atom is 0.231 e. The lowest BCUT2D eigenvalue weighted by atomic mass is 9.89. The Bertz CT molecular complexity index is 4510. The number of halogens is 8. The molecule has 110 heavy (non-hydrogen) atoms. The lowest BCUT2D eigenvalue weighted by molar-refractivity contribution is 0.174. The maximum absolute atomic E-state index is 6.27. The third-order valence-corrected chi connectivity index (χ3v) is 23.4. The van der Waals surface area contributed by atoms with Gasteiger partial charge in [0, 0.05) is 65.0 Å². The fraction of sp³-hybridized carbons (Fsp3) is 0.378. The Balaban J connectivity index is 0.000000128. The van der Waals surface area contributed by atoms with Crippen molar-refractivity contribution in [1.82, 2.24) is 26.6 Å². The number of rotatable bonds is 24. The Morgan fingerprint density at radius 2 is 0.764 bits per heavy atom. The predicted octanol–water partition coefficient (Wildman–Crippen LogP) is 27.4. The molecule has 0 radical (unpaired) electrons. The average Bonchev–Trinajstić information content (AvgIpc) is 1.66. The summed E-state index contributed by atoms with van der Waals surface area (Å²) >= 11 is 46.2. The Hall–Kier alpha value is -6.37. The van der Waals surface area contributed by atoms with Crippen LogP contribution in [0.3, 0.4) is 0 Å². The zero-order valence-electron chi connectivity index (χ0n) is 62.4. The van der Waals surface area contributed by atoms with Crippen molar-refractivity contribution in [3.8, 4) is 68.1 Å². The molecule has 12 nitrogen and oxygen atoms in total. The van der Waals surface area contributed by atoms with Gasteiger partial charge in [-0.3, -0.25) is 0 Å². The Morgan fingerprint density at radius 3 is 1.30 bits per heavy atom. The molecule has 11 aromatic rings. The van der Waals surface area contributed by atoms with Gasteiger partial charge in [-0.25, -0.2) is 0 Å². The van der Waals surface area contributed by atoms with Crippen LogP contribution in [-0.2, 0) is 39.3 Å². The molecule has 5 aliphatic rings. The average molecular weight is 1690 g/mol. The summed E-state index contributed by atoms with van der Waals surface area (Å²) in [6.45, 7) is 10.1. The number of aryl methyl sites for hydroxylation is 1. The first-order valence-corrected chi connectivity index (χ1v) is 42.4. The van der Waals surface area contributed by atoms with Crippen molar-refractivity contribution in [2.45, 2.75) is 174 Å². The van der Waals surface area contributed by atoms with E-state index in [1.165, 1.54) is 122 Å². The van der Waals surface area contributed by atoms with Crippen LogP contribution in [0.5, 0.6) is 11.5 Å². The second kappa shape index (κ2) is 43.2. The molecule has 0 saturated heterocycles. The highest BCUT2D eigenvalue weighted by Crippen LogP contribution is 2.38. The lowest BCUT2D eigenvalue weighted by Gasteiger charge is -2.21. The fourth-order valence-electron chi connectivity index (χ4n) is 14.7. The van der Waals surface area contributed by atoms with Crippen molar-refractivity contribution in [3.63, 3.8) is 0 Å². The first-order valence-electron chi connectivity index (χ1n) is 38.9. The molecule has 4 saturated carbocycles. The number of hydrogen-bond donors (Lipinski definition) is 5. The number of benzene rings is 6. The third-order valence-electron chi connectivity index (χ3n) is 20.8. The van der Waals surface area contributed by atoms with Crippen LogP contribution in [0.25, 0.3) is 56.6 Å². The molecule has 16 rings (SSSR count). The van der Waals surface area contributed by atoms with Crippen LogP contribution in [0.15, 0.2) is 202 Å². The normalized spacial score (nSPS) is 15.3. The SMILES string of the molecule is Cc1ccc(-c2ccc(CNC3CCCC3)o2)cc1Cl.Clc1cc(Br)ccc1-c1ccc(CNCC2CCCCC2)o1.Clc1ccc(-c2ccc(CNCC3CCCCC3)o2)c(Cl)c1.Clc1ccc(-c2ccc(CNCc3ccc4c(c3)OCO4)o2)cc1.Clc1ccc(Cl)c(-c2ccc(CNCC3CCCCC3)o2)c1. The minimum Gasteiger partial charge on any atom is -0.460 e. The van der Waals surface area contributed by atoms with Gasteiger partial charge in [-0.15, -0.1) is 0 Å². The molecule has 0 unspecified atom stereocenters. The van der Waals surface area contributed by atoms with E-state index >= 15 is 0 Å². The minimum atomic E-state index is 0.298. The van der Waals surface area contributed by atoms with Gasteiger partial charge in [0.25, 0.3) is 0 Å². The molecule has 0 amide bonds. The summed E-state index contributed by atoms with van der Waals surface area (Å²) < 4.78 is 41.1. The highest BCUT2D eigenvalue weighted by atomic mass is 79.9. The van der Waals surface area contributed by atoms with Gasteiger partial charge in [0.05, 0.1) is 47.8 Å². The van der Waals surface area contributed by atoms with E-state index in [-0.39, 0.29) is 0 Å². The summed E-state index contributed by atoms with van der Waals surface area (Å²) in [5, 5.41) is 22.2. The third kappa shape index (κ3) is 25.8. The van der Waals surface area contributed by atoms with Gasteiger partial charge in [0.1, 0.15) is 57.6 Å². The van der Waals surface area contributed by atoms with Crippen molar-refractivity contribution < 1.29 is 31.6 Å². The van der Waals surface area contributed by atoms with Crippen molar-refractivity contribution in [2.75, 3.05) is 26.4 Å². The zero-order chi connectivity index (χ0) is 76.4. The molecule has 0 bridgehead atoms. The van der Waals surface area contributed by atoms with E-state index in [9.17, 15) is 0 Å². The molecule has 5 N–H and O–H groups in total. The van der Waals surface area contributed by atoms with Crippen molar-refractivity contribution >= 4 is 97.1 Å². The molecule has 6 heterocycles. The van der Waals surface area contributed by atoms with E-state index in [1.54, 1.807) is 18.2 Å². The zero-order valence-corrected chi connectivity index (χ0v) is 69.3. The van der Waals surface area contributed by atoms with Crippen LogP contribution in [0.4, 0.5) is 0 Å². The maximum atomic E-state index is 6.27. The van der Waals surface area contributed by atoms with Crippen LogP contribution in [0.1, 0.15) is 162 Å². The van der Waals surface area contributed by atoms with Gasteiger partial charge in [0.15, 0.2) is 11.5 Å². The molecule has 0 spiro atoms. The molecule has 582 valence electrons. The van der Waals surface area contributed by atoms with Crippen molar-refractivity contribution in [1.29, 1.82) is 0 Å². The molecule has 5 aromatic heterocycles. The van der Waals surface area contributed by atoms with Gasteiger partial charge in [-0.05, 0) is 265 Å². The minimum absolute atomic E-state index is 0.298. The second-order valence-electron chi connectivity index (χ2n) is 29.2. The Labute approximate surface area is 691 Å². The van der Waals surface area contributed by atoms with E-state index < -0.39 is 0 Å². The summed E-state index contributed by atoms with van der Waals surface area (Å²) in [5.41, 5.74) is 6.93. The van der Waals surface area contributed by atoms with E-state index in [0.29, 0.717) is 44.5 Å². The van der Waals surface area contributed by atoms with E-state index in [2.05, 4.69) is 42.5 Å². The predicted molar refractivity (Wildman–Crippen MR) is 455 cm³/mol. The molecule has 20 heteroatoms. The Morgan fingerprint density at radius 1 is 0.327 bits per heavy atom. The summed E-state index contributed by atoms with van der Waals surface area (Å²) in [6.07, 6.45) is 26.0. The summed E-state index contributed by atoms with van der Waals surface area (Å²) in [4.78, 5) is 0. The molecular weight excluding hydrogens is 1590 g/mol. The molecule has 4 fully saturated rings. The van der Waals surface area contributed by atoms with Gasteiger partial charge < -0.3 is 58.1 Å². The largest absolute Gasteiger partial charge is 0.460 e. The summed E-state index contributed by atoms with van der Waals surface area (Å²) in [5.74, 6) is 12.9. The number of ether oxygens (including phenoxy) is 2. The van der Waals surface area contributed by atoms with Gasteiger partial charge in [-0.2, -0.15) is 0 Å². The molecule has 4 aliphatic carbocycles. The van der Waals surface area contributed by atoms with Crippen molar-refractivity contribution in [3.05, 3.63) is 255 Å². The molecule has 1 aliphatic heterocycles. The monoisotopic (exact) mass is 1690 g/mol. The smallest absolute Gasteiger partial charge is 0.231 e. The Kier molecular flexibility index (Phi) is 32.6. The first kappa shape index (κ1) is 83.1. The number of furan rings is 5. The van der Waals surface area contributed by atoms with E-state index in [0.717, 1.165) is 193 Å². The van der Waals surface area contributed by atoms with E-state index in [1.807, 2.05) is 165 Å². The first-order chi connectivity index (χ1) is 53.7. The molecular formula is C90H99BrCl7N5O7. The van der Waals surface area contributed by atoms with Crippen LogP contribution in [-0.4, -0.2) is 32.5 Å². The second-order valence-corrected chi connectivity index (χ2v) is 33.1. The number of nitrogens with one attached hydrogen (secondary N) is 5. The topological polar surface area (TPSA) is 144 Å². The van der Waals surface area contributed by atoms with Crippen LogP contribution >= 0.6 is 97.1 Å². The van der Waals surface area contributed by atoms with Crippen LogP contribution < -0.4 is 36.1 Å². The summed E-state index contributed by atoms with van der Waals surface area (Å²) in [7, 11) is 0. The van der Waals surface area contributed by atoms with E-state index in [4.69, 9.17) is 113 Å². The van der Waals surface area contributed by atoms with Gasteiger partial charge >= 0.3 is 0 Å². The van der Waals surface area contributed by atoms with Crippen molar-refractivity contribution in [2.24, 2.45) is 17.8 Å². The van der Waals surface area contributed by atoms with Crippen LogP contribution in [0.2, 0.25) is 35.2 Å². The fourth-order valence-corrected chi connectivity index (χ4v) is 16.6. The van der Waals surface area contributed by atoms with Gasteiger partial charge in [-0.1, -0.05) is 186 Å². The highest BCUT2D eigenvalue weighted by molar-refractivity contribution is 9.10. The lowest BCUT2D eigenvalue weighted by Crippen LogP contribution is -2.24. The van der Waals surface area contributed by atoms with Crippen LogP contribution in [0, 0.1) is 24.7 Å². The highest BCUT2D eigenvalue weighted by Gasteiger charge is 2.21. The van der Waals surface area contributed by atoms with Gasteiger partial charge in [0.2, 0.25) is 6.79 Å².